The lowest BCUT2D eigenvalue weighted by Crippen LogP contribution is -2.44. The van der Waals surface area contributed by atoms with Gasteiger partial charge in [0, 0.05) is 12.6 Å². The first-order chi connectivity index (χ1) is 8.50. The number of hydrogen-bond acceptors (Lipinski definition) is 6. The molecule has 98 valence electrons. The van der Waals surface area contributed by atoms with Gasteiger partial charge in [-0.15, -0.1) is 0 Å². The van der Waals surface area contributed by atoms with E-state index in [0.717, 1.165) is 0 Å². The Hall–Kier alpha value is -1.57. The molecule has 0 radical (unpaired) electrons. The number of carboxylic acids is 1. The number of aliphatic hydroxyl groups excluding tert-OH is 2. The number of ether oxygens (including phenoxy) is 1. The van der Waals surface area contributed by atoms with Crippen molar-refractivity contribution < 1.29 is 24.9 Å². The van der Waals surface area contributed by atoms with E-state index in [1.165, 1.54) is 12.5 Å². The molecule has 1 aliphatic rings. The minimum Gasteiger partial charge on any atom is -0.478 e. The zero-order valence-electron chi connectivity index (χ0n) is 9.72. The molecule has 4 atom stereocenters. The van der Waals surface area contributed by atoms with Crippen molar-refractivity contribution in [2.45, 2.75) is 37.8 Å². The predicted octanol–water partition coefficient (Wildman–Crippen LogP) is -0.254. The summed E-state index contributed by atoms with van der Waals surface area (Å²) < 4.78 is 5.48. The van der Waals surface area contributed by atoms with Gasteiger partial charge in [-0.3, -0.25) is 0 Å². The number of aliphatic hydroxyl groups is 2. The molecule has 0 aliphatic carbocycles. The highest BCUT2D eigenvalue weighted by atomic mass is 16.5. The van der Waals surface area contributed by atoms with E-state index >= 15 is 0 Å². The van der Waals surface area contributed by atoms with Crippen LogP contribution in [0.4, 0.5) is 0 Å². The molecule has 0 saturated carbocycles. The van der Waals surface area contributed by atoms with Crippen molar-refractivity contribution in [1.29, 1.82) is 0 Å². The van der Waals surface area contributed by atoms with Gasteiger partial charge in [0.15, 0.2) is 0 Å². The predicted molar refractivity (Wildman–Crippen MR) is 58.9 cm³/mol. The van der Waals surface area contributed by atoms with Gasteiger partial charge in [-0.1, -0.05) is 0 Å². The van der Waals surface area contributed by atoms with Crippen LogP contribution in [0.3, 0.4) is 0 Å². The first kappa shape index (κ1) is 12.9. The van der Waals surface area contributed by atoms with Gasteiger partial charge in [0.25, 0.3) is 0 Å². The van der Waals surface area contributed by atoms with Crippen molar-refractivity contribution in [1.82, 2.24) is 9.97 Å². The van der Waals surface area contributed by atoms with Gasteiger partial charge in [0.05, 0.1) is 17.9 Å². The highest BCUT2D eigenvalue weighted by Crippen LogP contribution is 2.31. The summed E-state index contributed by atoms with van der Waals surface area (Å²) in [4.78, 5) is 18.6. The van der Waals surface area contributed by atoms with E-state index in [4.69, 9.17) is 9.84 Å². The van der Waals surface area contributed by atoms with Gasteiger partial charge in [0.1, 0.15) is 24.1 Å². The Labute approximate surface area is 103 Å². The van der Waals surface area contributed by atoms with Crippen LogP contribution in [0.25, 0.3) is 0 Å². The summed E-state index contributed by atoms with van der Waals surface area (Å²) in [5.41, 5.74) is 0.161. The lowest BCUT2D eigenvalue weighted by Gasteiger charge is -2.35. The third kappa shape index (κ3) is 2.33. The average Bonchev–Trinajstić information content (AvgIpc) is 2.35. The molecule has 0 aromatic carbocycles. The van der Waals surface area contributed by atoms with E-state index in [1.54, 1.807) is 6.92 Å². The first-order valence-corrected chi connectivity index (χ1v) is 5.55. The molecule has 0 bridgehead atoms. The number of hydrogen-bond donors (Lipinski definition) is 3. The Morgan fingerprint density at radius 2 is 2.22 bits per heavy atom. The molecule has 18 heavy (non-hydrogen) atoms. The second-order valence-electron chi connectivity index (χ2n) is 4.25. The number of aromatic nitrogens is 2. The van der Waals surface area contributed by atoms with Gasteiger partial charge < -0.3 is 20.1 Å². The molecule has 2 heterocycles. The van der Waals surface area contributed by atoms with Crippen molar-refractivity contribution in [2.24, 2.45) is 0 Å². The summed E-state index contributed by atoms with van der Waals surface area (Å²) >= 11 is 0. The fourth-order valence-electron chi connectivity index (χ4n) is 2.00. The Balaban J connectivity index is 2.30. The smallest absolute Gasteiger partial charge is 0.339 e. The fraction of sp³-hybridized carbons (Fsp3) is 0.545. The Bertz CT molecular complexity index is 441. The van der Waals surface area contributed by atoms with E-state index in [9.17, 15) is 15.0 Å². The fourth-order valence-corrected chi connectivity index (χ4v) is 2.00. The molecular formula is C11H14N2O5. The normalized spacial score (nSPS) is 32.2. The van der Waals surface area contributed by atoms with Crippen molar-refractivity contribution in [3.05, 3.63) is 23.8 Å². The largest absolute Gasteiger partial charge is 0.478 e. The molecule has 0 spiro atoms. The molecule has 1 aromatic heterocycles. The van der Waals surface area contributed by atoms with E-state index in [0.29, 0.717) is 0 Å². The molecule has 1 aromatic rings. The van der Waals surface area contributed by atoms with Crippen LogP contribution in [0, 0.1) is 0 Å². The summed E-state index contributed by atoms with van der Waals surface area (Å²) in [6.07, 6.45) is -0.666. The van der Waals surface area contributed by atoms with Crippen molar-refractivity contribution in [3.63, 3.8) is 0 Å². The lowest BCUT2D eigenvalue weighted by molar-refractivity contribution is -0.164. The zero-order valence-corrected chi connectivity index (χ0v) is 9.72. The van der Waals surface area contributed by atoms with E-state index in [2.05, 4.69) is 9.97 Å². The number of nitrogens with zero attached hydrogens (tertiary/aromatic N) is 2. The summed E-state index contributed by atoms with van der Waals surface area (Å²) in [6.45, 7) is 1.61. The lowest BCUT2D eigenvalue weighted by atomic mass is 9.95. The molecule has 0 amide bonds. The highest BCUT2D eigenvalue weighted by molar-refractivity contribution is 5.88. The summed E-state index contributed by atoms with van der Waals surface area (Å²) in [5.74, 6) is -1.15. The molecule has 4 unspecified atom stereocenters. The van der Waals surface area contributed by atoms with Crippen LogP contribution in [0.5, 0.6) is 0 Å². The summed E-state index contributed by atoms with van der Waals surface area (Å²) in [7, 11) is 0. The minimum absolute atomic E-state index is 0.0571. The third-order valence-corrected chi connectivity index (χ3v) is 2.99. The molecule has 7 nitrogen and oxygen atoms in total. The van der Waals surface area contributed by atoms with Crippen LogP contribution in [-0.2, 0) is 4.74 Å². The van der Waals surface area contributed by atoms with Crippen LogP contribution in [0.1, 0.15) is 35.5 Å². The molecule has 3 N–H and O–H groups in total. The maximum absolute atomic E-state index is 11.0. The standard InChI is InChI=1S/C11H14N2O5/c1-5-10(15)7(14)2-8(18-5)9-6(11(16)17)3-12-4-13-9/h3-5,7-8,10,14-15H,2H2,1H3,(H,16,17). The van der Waals surface area contributed by atoms with Crippen LogP contribution in [-0.4, -0.2) is 49.6 Å². The average molecular weight is 254 g/mol. The third-order valence-electron chi connectivity index (χ3n) is 2.99. The van der Waals surface area contributed by atoms with Crippen LogP contribution >= 0.6 is 0 Å². The van der Waals surface area contributed by atoms with E-state index in [1.807, 2.05) is 0 Å². The van der Waals surface area contributed by atoms with Crippen LogP contribution in [0.2, 0.25) is 0 Å². The summed E-state index contributed by atoms with van der Waals surface area (Å²) in [6, 6.07) is 0. The first-order valence-electron chi connectivity index (χ1n) is 5.55. The monoisotopic (exact) mass is 254 g/mol. The quantitative estimate of drug-likeness (QED) is 0.666. The summed E-state index contributed by atoms with van der Waals surface area (Å²) in [5, 5.41) is 28.3. The van der Waals surface area contributed by atoms with E-state index < -0.39 is 30.4 Å². The Morgan fingerprint density at radius 1 is 1.50 bits per heavy atom. The SMILES string of the molecule is CC1OC(c2ncncc2C(=O)O)CC(O)C1O. The van der Waals surface area contributed by atoms with Crippen LogP contribution < -0.4 is 0 Å². The van der Waals surface area contributed by atoms with Crippen molar-refractivity contribution in [3.8, 4) is 0 Å². The Kier molecular flexibility index (Phi) is 3.55. The van der Waals surface area contributed by atoms with Gasteiger partial charge in [-0.25, -0.2) is 14.8 Å². The van der Waals surface area contributed by atoms with Crippen molar-refractivity contribution >= 4 is 5.97 Å². The van der Waals surface area contributed by atoms with Gasteiger partial charge >= 0.3 is 5.97 Å². The number of carbonyl (C=O) groups is 1. The topological polar surface area (TPSA) is 113 Å². The second kappa shape index (κ2) is 4.97. The van der Waals surface area contributed by atoms with Crippen molar-refractivity contribution in [2.75, 3.05) is 0 Å². The van der Waals surface area contributed by atoms with Crippen LogP contribution in [0.15, 0.2) is 12.5 Å². The van der Waals surface area contributed by atoms with Gasteiger partial charge in [-0.2, -0.15) is 0 Å². The number of aromatic carboxylic acids is 1. The minimum atomic E-state index is -1.15. The highest BCUT2D eigenvalue weighted by Gasteiger charge is 2.36. The molecule has 1 fully saturated rings. The maximum atomic E-state index is 11.0. The molecule has 2 rings (SSSR count). The van der Waals surface area contributed by atoms with Gasteiger partial charge in [0.2, 0.25) is 0 Å². The zero-order chi connectivity index (χ0) is 13.3. The number of rotatable bonds is 2. The molecule has 1 saturated heterocycles. The molecule has 7 heteroatoms. The Morgan fingerprint density at radius 3 is 2.83 bits per heavy atom. The van der Waals surface area contributed by atoms with E-state index in [-0.39, 0.29) is 17.7 Å². The maximum Gasteiger partial charge on any atom is 0.339 e. The molecule has 1 aliphatic heterocycles. The van der Waals surface area contributed by atoms with Gasteiger partial charge in [-0.05, 0) is 6.92 Å². The molecular weight excluding hydrogens is 240 g/mol. The number of carboxylic acid groups (broad SMARTS) is 1. The second-order valence-corrected chi connectivity index (χ2v) is 4.25.